The van der Waals surface area contributed by atoms with E-state index in [-0.39, 0.29) is 0 Å². The zero-order valence-corrected chi connectivity index (χ0v) is 14.0. The van der Waals surface area contributed by atoms with Gasteiger partial charge in [0.25, 0.3) is 0 Å². The highest BCUT2D eigenvalue weighted by atomic mass is 16.5. The minimum absolute atomic E-state index is 0.623. The Kier molecular flexibility index (Phi) is 6.56. The summed E-state index contributed by atoms with van der Waals surface area (Å²) in [7, 11) is 1.77. The molecule has 0 aliphatic heterocycles. The summed E-state index contributed by atoms with van der Waals surface area (Å²) in [6, 6.07) is 6.79. The molecule has 0 radical (unpaired) electrons. The number of methoxy groups -OCH3 is 1. The summed E-state index contributed by atoms with van der Waals surface area (Å²) in [5.74, 6) is 2.47. The highest BCUT2D eigenvalue weighted by Crippen LogP contribution is 2.36. The van der Waals surface area contributed by atoms with Crippen molar-refractivity contribution in [2.45, 2.75) is 58.3 Å². The first kappa shape index (κ1) is 16.4. The Morgan fingerprint density at radius 2 is 1.90 bits per heavy atom. The van der Waals surface area contributed by atoms with Gasteiger partial charge < -0.3 is 10.1 Å². The minimum atomic E-state index is 0.623. The molecule has 0 aromatic heterocycles. The highest BCUT2D eigenvalue weighted by molar-refractivity contribution is 5.38. The molecule has 2 heteroatoms. The Labute approximate surface area is 130 Å². The van der Waals surface area contributed by atoms with Gasteiger partial charge in [-0.15, -0.1) is 0 Å². The summed E-state index contributed by atoms with van der Waals surface area (Å²) in [6.07, 6.45) is 8.40. The molecule has 1 fully saturated rings. The Hall–Kier alpha value is -1.02. The molecule has 1 N–H and O–H groups in total. The predicted octanol–water partition coefficient (Wildman–Crippen LogP) is 4.67. The maximum atomic E-state index is 5.53. The summed E-state index contributed by atoms with van der Waals surface area (Å²) in [4.78, 5) is 0. The molecule has 1 unspecified atom stereocenters. The first-order valence-electron chi connectivity index (χ1n) is 8.61. The van der Waals surface area contributed by atoms with E-state index in [0.29, 0.717) is 5.92 Å². The maximum Gasteiger partial charge on any atom is 0.122 e. The van der Waals surface area contributed by atoms with Crippen LogP contribution in [0.1, 0.15) is 62.5 Å². The SMILES string of the molecule is CCNCC(c1ccc(C)c(OC)c1)C1CCCCCC1. The lowest BCUT2D eigenvalue weighted by Crippen LogP contribution is -2.26. The maximum absolute atomic E-state index is 5.53. The van der Waals surface area contributed by atoms with E-state index < -0.39 is 0 Å². The van der Waals surface area contributed by atoms with Gasteiger partial charge in [0.15, 0.2) is 0 Å². The van der Waals surface area contributed by atoms with Crippen LogP contribution in [0, 0.1) is 12.8 Å². The van der Waals surface area contributed by atoms with E-state index in [1.54, 1.807) is 7.11 Å². The molecule has 0 bridgehead atoms. The molecule has 0 saturated heterocycles. The summed E-state index contributed by atoms with van der Waals surface area (Å²) in [6.45, 7) is 6.45. The van der Waals surface area contributed by atoms with Gasteiger partial charge in [0, 0.05) is 6.54 Å². The minimum Gasteiger partial charge on any atom is -0.496 e. The second-order valence-corrected chi connectivity index (χ2v) is 6.39. The first-order chi connectivity index (χ1) is 10.3. The molecule has 1 saturated carbocycles. The van der Waals surface area contributed by atoms with Gasteiger partial charge in [0.2, 0.25) is 0 Å². The third-order valence-corrected chi connectivity index (χ3v) is 4.94. The van der Waals surface area contributed by atoms with E-state index in [2.05, 4.69) is 37.4 Å². The van der Waals surface area contributed by atoms with Crippen LogP contribution in [0.25, 0.3) is 0 Å². The number of ether oxygens (including phenoxy) is 1. The molecule has 1 aliphatic carbocycles. The largest absolute Gasteiger partial charge is 0.496 e. The Bertz CT molecular complexity index is 422. The van der Waals surface area contributed by atoms with Gasteiger partial charge in [0.05, 0.1) is 7.11 Å². The van der Waals surface area contributed by atoms with Crippen LogP contribution >= 0.6 is 0 Å². The van der Waals surface area contributed by atoms with E-state index in [4.69, 9.17) is 4.74 Å². The average molecular weight is 289 g/mol. The standard InChI is InChI=1S/C19H31NO/c1-4-20-14-18(16-9-7-5-6-8-10-16)17-12-11-15(2)19(13-17)21-3/h11-13,16,18,20H,4-10,14H2,1-3H3. The molecule has 2 nitrogen and oxygen atoms in total. The highest BCUT2D eigenvalue weighted by Gasteiger charge is 2.24. The van der Waals surface area contributed by atoms with Crippen LogP contribution in [0.2, 0.25) is 0 Å². The summed E-state index contributed by atoms with van der Waals surface area (Å²) in [5.41, 5.74) is 2.68. The first-order valence-corrected chi connectivity index (χ1v) is 8.61. The van der Waals surface area contributed by atoms with Crippen molar-refractivity contribution in [3.8, 4) is 5.75 Å². The van der Waals surface area contributed by atoms with E-state index in [1.165, 1.54) is 49.7 Å². The molecule has 0 heterocycles. The quantitative estimate of drug-likeness (QED) is 0.769. The fourth-order valence-corrected chi connectivity index (χ4v) is 3.64. The van der Waals surface area contributed by atoms with Crippen LogP contribution in [0.15, 0.2) is 18.2 Å². The molecular weight excluding hydrogens is 258 g/mol. The van der Waals surface area contributed by atoms with E-state index >= 15 is 0 Å². The van der Waals surface area contributed by atoms with Gasteiger partial charge in [-0.25, -0.2) is 0 Å². The number of hydrogen-bond acceptors (Lipinski definition) is 2. The van der Waals surface area contributed by atoms with Crippen molar-refractivity contribution < 1.29 is 4.74 Å². The molecule has 1 aromatic rings. The van der Waals surface area contributed by atoms with Crippen molar-refractivity contribution in [1.29, 1.82) is 0 Å². The number of aryl methyl sites for hydroxylation is 1. The second-order valence-electron chi connectivity index (χ2n) is 6.39. The smallest absolute Gasteiger partial charge is 0.122 e. The number of benzene rings is 1. The van der Waals surface area contributed by atoms with Crippen molar-refractivity contribution in [1.82, 2.24) is 5.32 Å². The lowest BCUT2D eigenvalue weighted by molar-refractivity contribution is 0.360. The summed E-state index contributed by atoms with van der Waals surface area (Å²) in [5, 5.41) is 3.58. The Balaban J connectivity index is 2.21. The van der Waals surface area contributed by atoms with E-state index in [9.17, 15) is 0 Å². The van der Waals surface area contributed by atoms with Crippen molar-refractivity contribution in [2.75, 3.05) is 20.2 Å². The number of nitrogens with one attached hydrogen (secondary N) is 1. The fourth-order valence-electron chi connectivity index (χ4n) is 3.64. The van der Waals surface area contributed by atoms with Crippen molar-refractivity contribution in [3.05, 3.63) is 29.3 Å². The molecule has 1 aromatic carbocycles. The summed E-state index contributed by atoms with van der Waals surface area (Å²) < 4.78 is 5.53. The zero-order chi connectivity index (χ0) is 15.1. The lowest BCUT2D eigenvalue weighted by Gasteiger charge is -2.27. The number of hydrogen-bond donors (Lipinski definition) is 1. The van der Waals surface area contributed by atoms with Crippen molar-refractivity contribution >= 4 is 0 Å². The van der Waals surface area contributed by atoms with Crippen LogP contribution in [-0.2, 0) is 0 Å². The van der Waals surface area contributed by atoms with Crippen LogP contribution in [-0.4, -0.2) is 20.2 Å². The van der Waals surface area contributed by atoms with E-state index in [1.807, 2.05) is 0 Å². The topological polar surface area (TPSA) is 21.3 Å². The van der Waals surface area contributed by atoms with Gasteiger partial charge >= 0.3 is 0 Å². The molecule has 1 aliphatic rings. The molecule has 1 atom stereocenters. The van der Waals surface area contributed by atoms with Gasteiger partial charge in [0.1, 0.15) is 5.75 Å². The van der Waals surface area contributed by atoms with Crippen molar-refractivity contribution in [3.63, 3.8) is 0 Å². The molecular formula is C19H31NO. The third kappa shape index (κ3) is 4.47. The molecule has 118 valence electrons. The van der Waals surface area contributed by atoms with Crippen LogP contribution in [0.3, 0.4) is 0 Å². The fraction of sp³-hybridized carbons (Fsp3) is 0.684. The molecule has 0 amide bonds. The van der Waals surface area contributed by atoms with Crippen LogP contribution in [0.4, 0.5) is 0 Å². The Morgan fingerprint density at radius 1 is 1.19 bits per heavy atom. The van der Waals surface area contributed by atoms with Gasteiger partial charge in [-0.3, -0.25) is 0 Å². The zero-order valence-electron chi connectivity index (χ0n) is 14.0. The number of likely N-dealkylation sites (N-methyl/N-ethyl adjacent to an activating group) is 1. The molecule has 0 spiro atoms. The Morgan fingerprint density at radius 3 is 2.52 bits per heavy atom. The van der Waals surface area contributed by atoms with Crippen molar-refractivity contribution in [2.24, 2.45) is 5.92 Å². The predicted molar refractivity (Wildman–Crippen MR) is 90.2 cm³/mol. The third-order valence-electron chi connectivity index (χ3n) is 4.94. The molecule has 2 rings (SSSR count). The van der Waals surface area contributed by atoms with Crippen LogP contribution < -0.4 is 10.1 Å². The van der Waals surface area contributed by atoms with Crippen LogP contribution in [0.5, 0.6) is 5.75 Å². The number of rotatable bonds is 6. The average Bonchev–Trinajstić information content (AvgIpc) is 2.78. The summed E-state index contributed by atoms with van der Waals surface area (Å²) >= 11 is 0. The monoisotopic (exact) mass is 289 g/mol. The van der Waals surface area contributed by atoms with E-state index in [0.717, 1.165) is 24.8 Å². The van der Waals surface area contributed by atoms with Gasteiger partial charge in [-0.2, -0.15) is 0 Å². The lowest BCUT2D eigenvalue weighted by atomic mass is 9.81. The van der Waals surface area contributed by atoms with Gasteiger partial charge in [-0.05, 0) is 55.3 Å². The molecule has 21 heavy (non-hydrogen) atoms. The second kappa shape index (κ2) is 8.43. The van der Waals surface area contributed by atoms with Gasteiger partial charge in [-0.1, -0.05) is 44.7 Å². The normalized spacial score (nSPS) is 18.2.